The molecule has 0 heterocycles. The maximum atomic E-state index is 6.33. The summed E-state index contributed by atoms with van der Waals surface area (Å²) in [6.45, 7) is 8.96. The molecule has 2 N–H and O–H groups in total. The van der Waals surface area contributed by atoms with E-state index in [4.69, 9.17) is 5.73 Å². The molecule has 2 rings (SSSR count). The predicted octanol–water partition coefficient (Wildman–Crippen LogP) is 3.28. The first-order chi connectivity index (χ1) is 8.95. The number of aryl methyl sites for hydroxylation is 2. The average Bonchev–Trinajstić information content (AvgIpc) is 3.00. The lowest BCUT2D eigenvalue weighted by molar-refractivity contribution is 0.301. The maximum Gasteiger partial charge on any atom is 0.0307 e. The molecule has 1 fully saturated rings. The summed E-state index contributed by atoms with van der Waals surface area (Å²) < 4.78 is 0. The molecule has 1 aromatic carbocycles. The van der Waals surface area contributed by atoms with Crippen LogP contribution in [0.1, 0.15) is 42.5 Å². The molecule has 0 spiro atoms. The molecule has 0 radical (unpaired) electrons. The van der Waals surface area contributed by atoms with Gasteiger partial charge >= 0.3 is 0 Å². The fourth-order valence-corrected chi connectivity index (χ4v) is 2.90. The van der Waals surface area contributed by atoms with Gasteiger partial charge in [0.15, 0.2) is 0 Å². The summed E-state index contributed by atoms with van der Waals surface area (Å²) in [4.78, 5) is 2.44. The van der Waals surface area contributed by atoms with Gasteiger partial charge < -0.3 is 10.6 Å². The number of benzene rings is 1. The van der Waals surface area contributed by atoms with Gasteiger partial charge in [-0.1, -0.05) is 36.2 Å². The summed E-state index contributed by atoms with van der Waals surface area (Å²) in [6, 6.07) is 6.82. The van der Waals surface area contributed by atoms with Crippen molar-refractivity contribution in [3.05, 3.63) is 34.9 Å². The molecule has 1 aliphatic carbocycles. The first-order valence-electron chi connectivity index (χ1n) is 7.48. The van der Waals surface area contributed by atoms with Crippen molar-refractivity contribution < 1.29 is 0 Å². The smallest absolute Gasteiger partial charge is 0.0307 e. The van der Waals surface area contributed by atoms with Crippen LogP contribution in [0.15, 0.2) is 18.2 Å². The molecule has 1 aromatic rings. The standard InChI is InChI=1S/C17H28N2/c1-12-7-13(2)9-15(8-12)17(18)5-6-19(4)11-16-10-14(16)3/h7-9,14,16-17H,5-6,10-11,18H2,1-4H3. The van der Waals surface area contributed by atoms with Crippen molar-refractivity contribution >= 4 is 0 Å². The fourth-order valence-electron chi connectivity index (χ4n) is 2.90. The molecule has 106 valence electrons. The van der Waals surface area contributed by atoms with Crippen molar-refractivity contribution in [2.45, 2.75) is 39.7 Å². The van der Waals surface area contributed by atoms with E-state index in [1.807, 2.05) is 0 Å². The van der Waals surface area contributed by atoms with Crippen molar-refractivity contribution in [2.75, 3.05) is 20.1 Å². The second-order valence-corrected chi connectivity index (χ2v) is 6.55. The zero-order chi connectivity index (χ0) is 14.0. The van der Waals surface area contributed by atoms with E-state index in [0.29, 0.717) is 0 Å². The Morgan fingerprint density at radius 3 is 2.37 bits per heavy atom. The van der Waals surface area contributed by atoms with Gasteiger partial charge in [-0.2, -0.15) is 0 Å². The largest absolute Gasteiger partial charge is 0.324 e. The molecule has 0 aliphatic heterocycles. The summed E-state index contributed by atoms with van der Waals surface area (Å²) in [5, 5.41) is 0. The number of nitrogens with two attached hydrogens (primary N) is 1. The van der Waals surface area contributed by atoms with E-state index in [2.05, 4.69) is 50.9 Å². The van der Waals surface area contributed by atoms with E-state index in [-0.39, 0.29) is 6.04 Å². The molecule has 19 heavy (non-hydrogen) atoms. The number of rotatable bonds is 6. The predicted molar refractivity (Wildman–Crippen MR) is 82.2 cm³/mol. The quantitative estimate of drug-likeness (QED) is 0.850. The van der Waals surface area contributed by atoms with Gasteiger partial charge in [0.1, 0.15) is 0 Å². The van der Waals surface area contributed by atoms with Crippen molar-refractivity contribution in [1.29, 1.82) is 0 Å². The third kappa shape index (κ3) is 4.32. The highest BCUT2D eigenvalue weighted by atomic mass is 15.1. The molecule has 2 heteroatoms. The first kappa shape index (κ1) is 14.5. The lowest BCUT2D eigenvalue weighted by atomic mass is 10.00. The van der Waals surface area contributed by atoms with Gasteiger partial charge in [0.2, 0.25) is 0 Å². The van der Waals surface area contributed by atoms with Gasteiger partial charge in [-0.3, -0.25) is 0 Å². The fraction of sp³-hybridized carbons (Fsp3) is 0.647. The van der Waals surface area contributed by atoms with E-state index in [1.165, 1.54) is 29.7 Å². The van der Waals surface area contributed by atoms with Crippen LogP contribution in [0.2, 0.25) is 0 Å². The zero-order valence-electron chi connectivity index (χ0n) is 12.8. The van der Waals surface area contributed by atoms with Crippen LogP contribution in [0.25, 0.3) is 0 Å². The second kappa shape index (κ2) is 6.06. The molecule has 1 aliphatic rings. The molecule has 0 bridgehead atoms. The Morgan fingerprint density at radius 2 is 1.84 bits per heavy atom. The molecule has 0 aromatic heterocycles. The number of nitrogens with zero attached hydrogens (tertiary/aromatic N) is 1. The summed E-state index contributed by atoms with van der Waals surface area (Å²) in [5.74, 6) is 1.87. The Bertz CT molecular complexity index is 407. The minimum absolute atomic E-state index is 0.165. The molecule has 2 nitrogen and oxygen atoms in total. The van der Waals surface area contributed by atoms with Gasteiger partial charge in [0, 0.05) is 12.6 Å². The third-order valence-electron chi connectivity index (χ3n) is 4.32. The summed E-state index contributed by atoms with van der Waals surface area (Å²) in [7, 11) is 2.22. The Balaban J connectivity index is 1.81. The highest BCUT2D eigenvalue weighted by Gasteiger charge is 2.32. The van der Waals surface area contributed by atoms with E-state index >= 15 is 0 Å². The zero-order valence-corrected chi connectivity index (χ0v) is 12.8. The van der Waals surface area contributed by atoms with Crippen LogP contribution in [0.4, 0.5) is 0 Å². The number of hydrogen-bond acceptors (Lipinski definition) is 2. The van der Waals surface area contributed by atoms with Crippen LogP contribution in [0.5, 0.6) is 0 Å². The Hall–Kier alpha value is -0.860. The van der Waals surface area contributed by atoms with Gasteiger partial charge in [-0.15, -0.1) is 0 Å². The van der Waals surface area contributed by atoms with Crippen LogP contribution < -0.4 is 5.73 Å². The Morgan fingerprint density at radius 1 is 1.26 bits per heavy atom. The van der Waals surface area contributed by atoms with E-state index in [0.717, 1.165) is 24.8 Å². The molecule has 0 saturated heterocycles. The molecule has 0 amide bonds. The monoisotopic (exact) mass is 260 g/mol. The third-order valence-corrected chi connectivity index (χ3v) is 4.32. The van der Waals surface area contributed by atoms with E-state index in [9.17, 15) is 0 Å². The lowest BCUT2D eigenvalue weighted by Crippen LogP contribution is -2.26. The average molecular weight is 260 g/mol. The van der Waals surface area contributed by atoms with E-state index < -0.39 is 0 Å². The van der Waals surface area contributed by atoms with Crippen molar-refractivity contribution in [3.8, 4) is 0 Å². The minimum Gasteiger partial charge on any atom is -0.324 e. The van der Waals surface area contributed by atoms with Crippen LogP contribution in [0, 0.1) is 25.7 Å². The van der Waals surface area contributed by atoms with Crippen LogP contribution in [-0.2, 0) is 0 Å². The maximum absolute atomic E-state index is 6.33. The van der Waals surface area contributed by atoms with Gasteiger partial charge in [-0.05, 0) is 57.7 Å². The second-order valence-electron chi connectivity index (χ2n) is 6.55. The normalized spacial score (nSPS) is 23.7. The van der Waals surface area contributed by atoms with E-state index in [1.54, 1.807) is 0 Å². The summed E-state index contributed by atoms with van der Waals surface area (Å²) >= 11 is 0. The Kier molecular flexibility index (Phi) is 4.64. The van der Waals surface area contributed by atoms with Crippen LogP contribution >= 0.6 is 0 Å². The molecular weight excluding hydrogens is 232 g/mol. The van der Waals surface area contributed by atoms with Crippen molar-refractivity contribution in [3.63, 3.8) is 0 Å². The topological polar surface area (TPSA) is 29.3 Å². The first-order valence-corrected chi connectivity index (χ1v) is 7.48. The lowest BCUT2D eigenvalue weighted by Gasteiger charge is -2.20. The SMILES string of the molecule is Cc1cc(C)cc(C(N)CCN(C)CC2CC2C)c1. The minimum atomic E-state index is 0.165. The van der Waals surface area contributed by atoms with Gasteiger partial charge in [0.25, 0.3) is 0 Å². The van der Waals surface area contributed by atoms with Gasteiger partial charge in [0.05, 0.1) is 0 Å². The highest BCUT2D eigenvalue weighted by Crippen LogP contribution is 2.38. The van der Waals surface area contributed by atoms with Gasteiger partial charge in [-0.25, -0.2) is 0 Å². The summed E-state index contributed by atoms with van der Waals surface area (Å²) in [5.41, 5.74) is 10.2. The highest BCUT2D eigenvalue weighted by molar-refractivity contribution is 5.30. The number of hydrogen-bond donors (Lipinski definition) is 1. The van der Waals surface area contributed by atoms with Crippen molar-refractivity contribution in [2.24, 2.45) is 17.6 Å². The van der Waals surface area contributed by atoms with Crippen LogP contribution in [-0.4, -0.2) is 25.0 Å². The molecular formula is C17H28N2. The summed E-state index contributed by atoms with van der Waals surface area (Å²) in [6.07, 6.45) is 2.45. The Labute approximate surface area is 118 Å². The molecule has 1 saturated carbocycles. The van der Waals surface area contributed by atoms with Crippen LogP contribution in [0.3, 0.4) is 0 Å². The van der Waals surface area contributed by atoms with Crippen molar-refractivity contribution in [1.82, 2.24) is 4.90 Å². The molecule has 3 atom stereocenters. The molecule has 3 unspecified atom stereocenters.